The third-order valence-corrected chi connectivity index (χ3v) is 5.13. The van der Waals surface area contributed by atoms with Crippen molar-refractivity contribution in [1.82, 2.24) is 0 Å². The van der Waals surface area contributed by atoms with E-state index in [4.69, 9.17) is 0 Å². The molecule has 0 rings (SSSR count). The Hall–Kier alpha value is 0. The van der Waals surface area contributed by atoms with Crippen LogP contribution in [0.1, 0.15) is 74.1 Å². The lowest BCUT2D eigenvalue weighted by molar-refractivity contribution is -0.0142. The number of rotatable bonds is 6. The summed E-state index contributed by atoms with van der Waals surface area (Å²) in [5, 5.41) is 0. The van der Waals surface area contributed by atoms with E-state index in [2.05, 4.69) is 48.5 Å². The molecule has 0 radical (unpaired) electrons. The van der Waals surface area contributed by atoms with Gasteiger partial charge in [-0.1, -0.05) is 61.3 Å². The standard InChI is InChI=1S/C14H30/c1-8-13(7,9-2)14(10-3,11-4)12(5)6/h12H,8-11H2,1-7H3. The molecule has 0 saturated heterocycles. The summed E-state index contributed by atoms with van der Waals surface area (Å²) in [6.45, 7) is 16.7. The van der Waals surface area contributed by atoms with Gasteiger partial charge in [-0.2, -0.15) is 0 Å². The van der Waals surface area contributed by atoms with Gasteiger partial charge in [0.25, 0.3) is 0 Å². The van der Waals surface area contributed by atoms with Gasteiger partial charge >= 0.3 is 0 Å². The van der Waals surface area contributed by atoms with E-state index >= 15 is 0 Å². The maximum Gasteiger partial charge on any atom is -0.0226 e. The summed E-state index contributed by atoms with van der Waals surface area (Å²) in [6.07, 6.45) is 5.26. The minimum absolute atomic E-state index is 0.519. The van der Waals surface area contributed by atoms with E-state index in [1.807, 2.05) is 0 Å². The summed E-state index contributed by atoms with van der Waals surface area (Å²) in [5.74, 6) is 0.794. The summed E-state index contributed by atoms with van der Waals surface area (Å²) in [6, 6.07) is 0. The SMILES string of the molecule is CCC(C)(CC)C(CC)(CC)C(C)C. The molecule has 0 nitrogen and oxygen atoms in total. The first-order chi connectivity index (χ1) is 6.44. The average Bonchev–Trinajstić information content (AvgIpc) is 2.19. The van der Waals surface area contributed by atoms with Crippen molar-refractivity contribution in [1.29, 1.82) is 0 Å². The summed E-state index contributed by atoms with van der Waals surface area (Å²) in [5.41, 5.74) is 1.06. The largest absolute Gasteiger partial charge is 0.0648 e. The fourth-order valence-electron chi connectivity index (χ4n) is 3.57. The predicted molar refractivity (Wildman–Crippen MR) is 66.5 cm³/mol. The maximum atomic E-state index is 2.49. The molecule has 0 aromatic rings. The zero-order valence-corrected chi connectivity index (χ0v) is 11.4. The van der Waals surface area contributed by atoms with E-state index in [-0.39, 0.29) is 0 Å². The van der Waals surface area contributed by atoms with Crippen molar-refractivity contribution in [3.05, 3.63) is 0 Å². The molecular weight excluding hydrogens is 168 g/mol. The molecule has 0 atom stereocenters. The third-order valence-electron chi connectivity index (χ3n) is 5.13. The Balaban J connectivity index is 5.14. The van der Waals surface area contributed by atoms with Crippen LogP contribution >= 0.6 is 0 Å². The molecule has 0 aromatic carbocycles. The molecule has 0 aliphatic heterocycles. The van der Waals surface area contributed by atoms with Crippen LogP contribution < -0.4 is 0 Å². The van der Waals surface area contributed by atoms with Gasteiger partial charge < -0.3 is 0 Å². The van der Waals surface area contributed by atoms with Crippen LogP contribution in [-0.2, 0) is 0 Å². The van der Waals surface area contributed by atoms with Gasteiger partial charge in [0.2, 0.25) is 0 Å². The quantitative estimate of drug-likeness (QED) is 0.545. The van der Waals surface area contributed by atoms with Crippen LogP contribution in [-0.4, -0.2) is 0 Å². The van der Waals surface area contributed by atoms with Gasteiger partial charge in [0.05, 0.1) is 0 Å². The highest BCUT2D eigenvalue weighted by molar-refractivity contribution is 4.94. The Kier molecular flexibility index (Phi) is 5.19. The predicted octanol–water partition coefficient (Wildman–Crippen LogP) is 5.28. The highest BCUT2D eigenvalue weighted by atomic mass is 14.5. The van der Waals surface area contributed by atoms with Crippen LogP contribution in [0.4, 0.5) is 0 Å². The minimum atomic E-state index is 0.519. The molecule has 0 bridgehead atoms. The Bertz CT molecular complexity index is 147. The summed E-state index contributed by atoms with van der Waals surface area (Å²) in [7, 11) is 0. The Labute approximate surface area is 91.5 Å². The van der Waals surface area contributed by atoms with Gasteiger partial charge in [-0.25, -0.2) is 0 Å². The van der Waals surface area contributed by atoms with Crippen LogP contribution in [0.3, 0.4) is 0 Å². The van der Waals surface area contributed by atoms with E-state index in [1.54, 1.807) is 0 Å². The van der Waals surface area contributed by atoms with Gasteiger partial charge in [-0.3, -0.25) is 0 Å². The van der Waals surface area contributed by atoms with Gasteiger partial charge in [0.1, 0.15) is 0 Å². The van der Waals surface area contributed by atoms with E-state index in [1.165, 1.54) is 25.7 Å². The highest BCUT2D eigenvalue weighted by Gasteiger charge is 2.44. The summed E-state index contributed by atoms with van der Waals surface area (Å²) < 4.78 is 0. The Morgan fingerprint density at radius 1 is 0.786 bits per heavy atom. The van der Waals surface area contributed by atoms with E-state index in [0.717, 1.165) is 5.92 Å². The van der Waals surface area contributed by atoms with Crippen LogP contribution in [0, 0.1) is 16.7 Å². The van der Waals surface area contributed by atoms with Crippen LogP contribution in [0.5, 0.6) is 0 Å². The van der Waals surface area contributed by atoms with Crippen molar-refractivity contribution < 1.29 is 0 Å². The summed E-state index contributed by atoms with van der Waals surface area (Å²) in [4.78, 5) is 0. The van der Waals surface area contributed by atoms with Crippen LogP contribution in [0.2, 0.25) is 0 Å². The second kappa shape index (κ2) is 5.19. The second-order valence-corrected chi connectivity index (χ2v) is 5.29. The maximum absolute atomic E-state index is 2.49. The average molecular weight is 198 g/mol. The fourth-order valence-corrected chi connectivity index (χ4v) is 3.57. The normalized spacial score (nSPS) is 13.7. The highest BCUT2D eigenvalue weighted by Crippen LogP contribution is 2.53. The van der Waals surface area contributed by atoms with Crippen LogP contribution in [0.15, 0.2) is 0 Å². The number of hydrogen-bond acceptors (Lipinski definition) is 0. The van der Waals surface area contributed by atoms with Crippen molar-refractivity contribution >= 4 is 0 Å². The van der Waals surface area contributed by atoms with Gasteiger partial charge in [0, 0.05) is 0 Å². The Morgan fingerprint density at radius 2 is 1.14 bits per heavy atom. The first-order valence-corrected chi connectivity index (χ1v) is 6.44. The van der Waals surface area contributed by atoms with Gasteiger partial charge in [0.15, 0.2) is 0 Å². The summed E-state index contributed by atoms with van der Waals surface area (Å²) >= 11 is 0. The van der Waals surface area contributed by atoms with E-state index in [9.17, 15) is 0 Å². The lowest BCUT2D eigenvalue weighted by atomic mass is 9.54. The molecule has 0 aromatic heterocycles. The smallest absolute Gasteiger partial charge is 0.0226 e. The zero-order valence-electron chi connectivity index (χ0n) is 11.4. The van der Waals surface area contributed by atoms with E-state index in [0.29, 0.717) is 10.8 Å². The molecule has 0 heteroatoms. The second-order valence-electron chi connectivity index (χ2n) is 5.29. The molecule has 86 valence electrons. The molecule has 0 amide bonds. The molecule has 0 heterocycles. The Morgan fingerprint density at radius 3 is 1.21 bits per heavy atom. The molecule has 0 saturated carbocycles. The van der Waals surface area contributed by atoms with Gasteiger partial charge in [-0.05, 0) is 29.6 Å². The molecular formula is C14H30. The molecule has 0 spiro atoms. The molecule has 0 fully saturated rings. The monoisotopic (exact) mass is 198 g/mol. The fraction of sp³-hybridized carbons (Fsp3) is 1.00. The minimum Gasteiger partial charge on any atom is -0.0648 e. The topological polar surface area (TPSA) is 0 Å². The van der Waals surface area contributed by atoms with Crippen molar-refractivity contribution in [2.24, 2.45) is 16.7 Å². The van der Waals surface area contributed by atoms with Crippen molar-refractivity contribution in [2.45, 2.75) is 74.1 Å². The van der Waals surface area contributed by atoms with Crippen molar-refractivity contribution in [3.63, 3.8) is 0 Å². The number of hydrogen-bond donors (Lipinski definition) is 0. The lowest BCUT2D eigenvalue weighted by Gasteiger charge is -2.51. The van der Waals surface area contributed by atoms with Gasteiger partial charge in [-0.15, -0.1) is 0 Å². The molecule has 14 heavy (non-hydrogen) atoms. The molecule has 0 N–H and O–H groups in total. The lowest BCUT2D eigenvalue weighted by Crippen LogP contribution is -2.42. The first-order valence-electron chi connectivity index (χ1n) is 6.44. The van der Waals surface area contributed by atoms with Crippen molar-refractivity contribution in [2.75, 3.05) is 0 Å². The molecule has 0 aliphatic carbocycles. The van der Waals surface area contributed by atoms with Crippen molar-refractivity contribution in [3.8, 4) is 0 Å². The molecule has 0 unspecified atom stereocenters. The molecule has 0 aliphatic rings. The van der Waals surface area contributed by atoms with Crippen LogP contribution in [0.25, 0.3) is 0 Å². The van der Waals surface area contributed by atoms with E-state index < -0.39 is 0 Å². The zero-order chi connectivity index (χ0) is 11.4. The first kappa shape index (κ1) is 14.0. The third kappa shape index (κ3) is 1.99.